The second-order valence-electron chi connectivity index (χ2n) is 3.17. The van der Waals surface area contributed by atoms with Crippen LogP contribution in [0.4, 0.5) is 5.82 Å². The minimum Gasteiger partial charge on any atom is -0.305 e. The molecular weight excluding hydrogens is 305 g/mol. The predicted octanol–water partition coefficient (Wildman–Crippen LogP) is 3.14. The van der Waals surface area contributed by atoms with Crippen LogP contribution in [0.1, 0.15) is 10.4 Å². The van der Waals surface area contributed by atoms with E-state index < -0.39 is 0 Å². The highest BCUT2D eigenvalue weighted by Gasteiger charge is 2.10. The van der Waals surface area contributed by atoms with Crippen LogP contribution in [0.25, 0.3) is 0 Å². The van der Waals surface area contributed by atoms with Crippen LogP contribution in [0.2, 0.25) is 5.02 Å². The maximum absolute atomic E-state index is 11.9. The van der Waals surface area contributed by atoms with Crippen molar-refractivity contribution < 1.29 is 4.79 Å². The van der Waals surface area contributed by atoms with Gasteiger partial charge < -0.3 is 5.32 Å². The van der Waals surface area contributed by atoms with Crippen LogP contribution < -0.4 is 5.32 Å². The zero-order chi connectivity index (χ0) is 12.3. The van der Waals surface area contributed by atoms with Crippen LogP contribution in [0.5, 0.6) is 0 Å². The van der Waals surface area contributed by atoms with Gasteiger partial charge in [-0.3, -0.25) is 9.78 Å². The second-order valence-corrected chi connectivity index (χ2v) is 4.46. The van der Waals surface area contributed by atoms with Gasteiger partial charge in [0.25, 0.3) is 5.91 Å². The summed E-state index contributed by atoms with van der Waals surface area (Å²) in [4.78, 5) is 19.7. The lowest BCUT2D eigenvalue weighted by Crippen LogP contribution is -2.13. The van der Waals surface area contributed by atoms with Crippen molar-refractivity contribution in [2.24, 2.45) is 0 Å². The van der Waals surface area contributed by atoms with Gasteiger partial charge in [0.15, 0.2) is 5.82 Å². The second kappa shape index (κ2) is 5.25. The Labute approximate surface area is 111 Å². The first kappa shape index (κ1) is 12.0. The summed E-state index contributed by atoms with van der Waals surface area (Å²) in [5, 5.41) is 3.20. The third-order valence-corrected chi connectivity index (χ3v) is 2.87. The van der Waals surface area contributed by atoms with E-state index in [4.69, 9.17) is 11.6 Å². The average molecular weight is 313 g/mol. The van der Waals surface area contributed by atoms with Gasteiger partial charge in [0.1, 0.15) is 0 Å². The van der Waals surface area contributed by atoms with E-state index in [1.807, 2.05) is 0 Å². The number of carbonyl (C=O) groups excluding carboxylic acids is 1. The summed E-state index contributed by atoms with van der Waals surface area (Å²) in [6.45, 7) is 0. The molecule has 0 spiro atoms. The van der Waals surface area contributed by atoms with Crippen molar-refractivity contribution in [2.45, 2.75) is 0 Å². The van der Waals surface area contributed by atoms with Crippen molar-refractivity contribution in [2.75, 3.05) is 5.32 Å². The molecular formula is C11H7BrClN3O. The Morgan fingerprint density at radius 3 is 2.82 bits per heavy atom. The summed E-state index contributed by atoms with van der Waals surface area (Å²) < 4.78 is 0.631. The van der Waals surface area contributed by atoms with Crippen molar-refractivity contribution in [3.05, 3.63) is 51.8 Å². The zero-order valence-electron chi connectivity index (χ0n) is 8.52. The summed E-state index contributed by atoms with van der Waals surface area (Å²) in [6.07, 6.45) is 4.52. The van der Waals surface area contributed by atoms with Crippen LogP contribution in [0.3, 0.4) is 0 Å². The van der Waals surface area contributed by atoms with Crippen LogP contribution in [-0.2, 0) is 0 Å². The van der Waals surface area contributed by atoms with Gasteiger partial charge in [-0.25, -0.2) is 4.98 Å². The standard InChI is InChI=1S/C11H7BrClN3O/c12-9-5-7(13)1-2-8(9)11(17)16-10-6-14-3-4-15-10/h1-6H,(H,15,16,17). The number of halogens is 2. The van der Waals surface area contributed by atoms with E-state index in [-0.39, 0.29) is 5.91 Å². The quantitative estimate of drug-likeness (QED) is 0.927. The molecule has 4 nitrogen and oxygen atoms in total. The Bertz CT molecular complexity index is 548. The number of hydrogen-bond acceptors (Lipinski definition) is 3. The first-order valence-electron chi connectivity index (χ1n) is 4.69. The molecule has 0 radical (unpaired) electrons. The van der Waals surface area contributed by atoms with Crippen LogP contribution >= 0.6 is 27.5 Å². The third kappa shape index (κ3) is 3.01. The molecule has 1 N–H and O–H groups in total. The maximum atomic E-state index is 11.9. The number of rotatable bonds is 2. The number of nitrogens with zero attached hydrogens (tertiary/aromatic N) is 2. The molecule has 0 fully saturated rings. The van der Waals surface area contributed by atoms with Gasteiger partial charge in [-0.05, 0) is 34.1 Å². The Morgan fingerprint density at radius 2 is 2.18 bits per heavy atom. The number of anilines is 1. The van der Waals surface area contributed by atoms with E-state index in [0.29, 0.717) is 20.9 Å². The number of hydrogen-bond donors (Lipinski definition) is 1. The monoisotopic (exact) mass is 311 g/mol. The minimum absolute atomic E-state index is 0.269. The first-order chi connectivity index (χ1) is 8.16. The van der Waals surface area contributed by atoms with Crippen LogP contribution in [0, 0.1) is 0 Å². The molecule has 86 valence electrons. The van der Waals surface area contributed by atoms with Gasteiger partial charge in [0, 0.05) is 21.9 Å². The zero-order valence-corrected chi connectivity index (χ0v) is 10.9. The third-order valence-electron chi connectivity index (χ3n) is 1.98. The van der Waals surface area contributed by atoms with E-state index in [2.05, 4.69) is 31.2 Å². The maximum Gasteiger partial charge on any atom is 0.258 e. The van der Waals surface area contributed by atoms with Gasteiger partial charge in [0.05, 0.1) is 11.8 Å². The molecule has 0 saturated carbocycles. The van der Waals surface area contributed by atoms with Crippen molar-refractivity contribution in [1.82, 2.24) is 9.97 Å². The molecule has 0 saturated heterocycles. The van der Waals surface area contributed by atoms with E-state index in [9.17, 15) is 4.79 Å². The summed E-state index contributed by atoms with van der Waals surface area (Å²) in [6, 6.07) is 4.95. The van der Waals surface area contributed by atoms with Crippen LogP contribution in [-0.4, -0.2) is 15.9 Å². The molecule has 2 aromatic rings. The molecule has 1 amide bonds. The molecule has 6 heteroatoms. The number of amides is 1. The lowest BCUT2D eigenvalue weighted by atomic mass is 10.2. The highest BCUT2D eigenvalue weighted by Crippen LogP contribution is 2.22. The highest BCUT2D eigenvalue weighted by molar-refractivity contribution is 9.10. The summed E-state index contributed by atoms with van der Waals surface area (Å²) in [7, 11) is 0. The van der Waals surface area contributed by atoms with Gasteiger partial charge in [-0.15, -0.1) is 0 Å². The van der Waals surface area contributed by atoms with Crippen molar-refractivity contribution in [3.63, 3.8) is 0 Å². The highest BCUT2D eigenvalue weighted by atomic mass is 79.9. The molecule has 2 rings (SSSR count). The Morgan fingerprint density at radius 1 is 1.35 bits per heavy atom. The van der Waals surface area contributed by atoms with E-state index in [1.54, 1.807) is 18.2 Å². The molecule has 0 aliphatic rings. The normalized spacial score (nSPS) is 10.0. The number of carbonyl (C=O) groups is 1. The SMILES string of the molecule is O=C(Nc1cnccn1)c1ccc(Cl)cc1Br. The molecule has 1 aromatic carbocycles. The fraction of sp³-hybridized carbons (Fsp3) is 0. The number of aromatic nitrogens is 2. The molecule has 1 aromatic heterocycles. The van der Waals surface area contributed by atoms with E-state index >= 15 is 0 Å². The summed E-state index contributed by atoms with van der Waals surface area (Å²) >= 11 is 9.08. The fourth-order valence-electron chi connectivity index (χ4n) is 1.22. The topological polar surface area (TPSA) is 54.9 Å². The van der Waals surface area contributed by atoms with Crippen molar-refractivity contribution >= 4 is 39.3 Å². The Balaban J connectivity index is 2.21. The van der Waals surface area contributed by atoms with E-state index in [0.717, 1.165) is 0 Å². The largest absolute Gasteiger partial charge is 0.305 e. The van der Waals surface area contributed by atoms with Gasteiger partial charge in [-0.1, -0.05) is 11.6 Å². The van der Waals surface area contributed by atoms with Crippen LogP contribution in [0.15, 0.2) is 41.3 Å². The fourth-order valence-corrected chi connectivity index (χ4v) is 2.08. The van der Waals surface area contributed by atoms with E-state index in [1.165, 1.54) is 18.6 Å². The predicted molar refractivity (Wildman–Crippen MR) is 69.1 cm³/mol. The smallest absolute Gasteiger partial charge is 0.258 e. The minimum atomic E-state index is -0.269. The van der Waals surface area contributed by atoms with Crippen molar-refractivity contribution in [3.8, 4) is 0 Å². The average Bonchev–Trinajstić information content (AvgIpc) is 2.30. The molecule has 1 heterocycles. The molecule has 0 aliphatic heterocycles. The Hall–Kier alpha value is -1.46. The van der Waals surface area contributed by atoms with Gasteiger partial charge in [0.2, 0.25) is 0 Å². The lowest BCUT2D eigenvalue weighted by molar-refractivity contribution is 0.102. The molecule has 17 heavy (non-hydrogen) atoms. The van der Waals surface area contributed by atoms with Gasteiger partial charge in [-0.2, -0.15) is 0 Å². The van der Waals surface area contributed by atoms with Crippen molar-refractivity contribution in [1.29, 1.82) is 0 Å². The number of nitrogens with one attached hydrogen (secondary N) is 1. The molecule has 0 aliphatic carbocycles. The van der Waals surface area contributed by atoms with Gasteiger partial charge >= 0.3 is 0 Å². The molecule has 0 unspecified atom stereocenters. The Kier molecular flexibility index (Phi) is 3.71. The lowest BCUT2D eigenvalue weighted by Gasteiger charge is -2.05. The molecule has 0 bridgehead atoms. The first-order valence-corrected chi connectivity index (χ1v) is 5.86. The summed E-state index contributed by atoms with van der Waals surface area (Å²) in [5.41, 5.74) is 0.486. The molecule has 0 atom stereocenters. The number of benzene rings is 1. The summed E-state index contributed by atoms with van der Waals surface area (Å²) in [5.74, 6) is 0.133.